The van der Waals surface area contributed by atoms with Crippen LogP contribution < -0.4 is 0 Å². The SMILES string of the molecule is CCCCCCCCCCCCCCCCCC[N+](C)(C)CCC[Si](O)(O)OCC[N+](CCO)(CCO)CC(O)CC. The first-order valence-electron chi connectivity index (χ1n) is 17.7. The first-order chi connectivity index (χ1) is 20.1. The minimum atomic E-state index is -3.78. The number of hydrogen-bond donors (Lipinski definition) is 5. The number of rotatable bonds is 32. The molecule has 254 valence electrons. The highest BCUT2D eigenvalue weighted by Crippen LogP contribution is 2.16. The fourth-order valence-electron chi connectivity index (χ4n) is 6.02. The molecule has 0 aliphatic heterocycles. The lowest BCUT2D eigenvalue weighted by atomic mass is 10.0. The van der Waals surface area contributed by atoms with Crippen molar-refractivity contribution in [2.45, 2.75) is 142 Å². The van der Waals surface area contributed by atoms with Crippen molar-refractivity contribution in [3.63, 3.8) is 0 Å². The van der Waals surface area contributed by atoms with Gasteiger partial charge in [0.25, 0.3) is 0 Å². The van der Waals surface area contributed by atoms with Gasteiger partial charge in [0.05, 0.1) is 47.0 Å². The zero-order valence-corrected chi connectivity index (χ0v) is 29.4. The summed E-state index contributed by atoms with van der Waals surface area (Å²) in [4.78, 5) is 21.1. The molecule has 0 rings (SSSR count). The van der Waals surface area contributed by atoms with Gasteiger partial charge < -0.3 is 38.3 Å². The molecule has 0 aromatic carbocycles. The van der Waals surface area contributed by atoms with Crippen LogP contribution in [0.4, 0.5) is 0 Å². The fourth-order valence-corrected chi connectivity index (χ4v) is 7.20. The molecule has 0 aromatic rings. The second-order valence-corrected chi connectivity index (χ2v) is 15.9. The summed E-state index contributed by atoms with van der Waals surface area (Å²) in [6.45, 7) is 7.75. The van der Waals surface area contributed by atoms with Crippen molar-refractivity contribution in [1.29, 1.82) is 0 Å². The summed E-state index contributed by atoms with van der Waals surface area (Å²) < 4.78 is 6.77. The molecule has 8 nitrogen and oxygen atoms in total. The Kier molecular flexibility index (Phi) is 26.1. The molecule has 0 saturated heterocycles. The predicted octanol–water partition coefficient (Wildman–Crippen LogP) is 5.23. The Morgan fingerprint density at radius 3 is 1.45 bits per heavy atom. The van der Waals surface area contributed by atoms with Crippen molar-refractivity contribution in [3.8, 4) is 0 Å². The topological polar surface area (TPSA) is 110 Å². The Morgan fingerprint density at radius 1 is 0.595 bits per heavy atom. The van der Waals surface area contributed by atoms with Crippen LogP contribution in [0.3, 0.4) is 0 Å². The molecular formula is C33H74N2O6Si+2. The first-order valence-corrected chi connectivity index (χ1v) is 19.7. The van der Waals surface area contributed by atoms with Crippen LogP contribution in [-0.2, 0) is 4.43 Å². The quantitative estimate of drug-likeness (QED) is 0.0400. The van der Waals surface area contributed by atoms with Gasteiger partial charge in [-0.25, -0.2) is 0 Å². The zero-order valence-electron chi connectivity index (χ0n) is 28.4. The largest absolute Gasteiger partial charge is 0.495 e. The van der Waals surface area contributed by atoms with E-state index in [1.165, 1.54) is 103 Å². The fraction of sp³-hybridized carbons (Fsp3) is 1.00. The number of quaternary nitrogens is 2. The molecule has 0 bridgehead atoms. The van der Waals surface area contributed by atoms with Crippen LogP contribution in [-0.4, -0.2) is 122 Å². The van der Waals surface area contributed by atoms with Gasteiger partial charge in [-0.05, 0) is 19.3 Å². The molecule has 5 N–H and O–H groups in total. The molecule has 0 spiro atoms. The van der Waals surface area contributed by atoms with Crippen molar-refractivity contribution in [2.75, 3.05) is 73.2 Å². The van der Waals surface area contributed by atoms with E-state index in [0.29, 0.717) is 43.5 Å². The molecule has 0 aromatic heterocycles. The molecule has 0 saturated carbocycles. The third kappa shape index (κ3) is 24.2. The van der Waals surface area contributed by atoms with Crippen molar-refractivity contribution in [3.05, 3.63) is 0 Å². The summed E-state index contributed by atoms with van der Waals surface area (Å²) in [7, 11) is 0.661. The molecule has 0 amide bonds. The van der Waals surface area contributed by atoms with Gasteiger partial charge in [-0.2, -0.15) is 0 Å². The molecule has 1 unspecified atom stereocenters. The third-order valence-electron chi connectivity index (χ3n) is 9.00. The third-order valence-corrected chi connectivity index (χ3v) is 10.7. The highest BCUT2D eigenvalue weighted by Gasteiger charge is 2.35. The Hall–Kier alpha value is -0.103. The summed E-state index contributed by atoms with van der Waals surface area (Å²) >= 11 is 0. The summed E-state index contributed by atoms with van der Waals surface area (Å²) in [5.41, 5.74) is 0. The number of aliphatic hydroxyl groups excluding tert-OH is 3. The summed E-state index contributed by atoms with van der Waals surface area (Å²) in [6.07, 6.45) is 22.8. The van der Waals surface area contributed by atoms with Crippen LogP contribution in [0.1, 0.15) is 129 Å². The maximum absolute atomic E-state index is 10.5. The lowest BCUT2D eigenvalue weighted by Gasteiger charge is -2.39. The average molecular weight is 623 g/mol. The molecule has 1 atom stereocenters. The molecule has 0 radical (unpaired) electrons. The molecule has 0 fully saturated rings. The van der Waals surface area contributed by atoms with Gasteiger partial charge in [-0.3, -0.25) is 0 Å². The molecule has 0 aliphatic carbocycles. The van der Waals surface area contributed by atoms with Gasteiger partial charge >= 0.3 is 8.80 Å². The van der Waals surface area contributed by atoms with E-state index in [4.69, 9.17) is 4.43 Å². The molecule has 42 heavy (non-hydrogen) atoms. The van der Waals surface area contributed by atoms with Gasteiger partial charge in [0.2, 0.25) is 0 Å². The number of hydrogen-bond acceptors (Lipinski definition) is 6. The number of aliphatic hydroxyl groups is 3. The number of unbranched alkanes of at least 4 members (excludes halogenated alkanes) is 15. The molecule has 0 aliphatic rings. The minimum absolute atomic E-state index is 0.0658. The lowest BCUT2D eigenvalue weighted by molar-refractivity contribution is -0.931. The molecular weight excluding hydrogens is 548 g/mol. The highest BCUT2D eigenvalue weighted by atomic mass is 28.4. The van der Waals surface area contributed by atoms with Crippen molar-refractivity contribution in [1.82, 2.24) is 0 Å². The number of nitrogens with zero attached hydrogens (tertiary/aromatic N) is 2. The summed E-state index contributed by atoms with van der Waals surface area (Å²) in [6, 6.07) is 0.269. The Morgan fingerprint density at radius 2 is 1.02 bits per heavy atom. The van der Waals surface area contributed by atoms with Crippen LogP contribution >= 0.6 is 0 Å². The maximum atomic E-state index is 10.5. The van der Waals surface area contributed by atoms with E-state index in [1.807, 2.05) is 6.92 Å². The van der Waals surface area contributed by atoms with E-state index in [-0.39, 0.29) is 25.9 Å². The second kappa shape index (κ2) is 26.1. The van der Waals surface area contributed by atoms with Crippen LogP contribution in [0.5, 0.6) is 0 Å². The average Bonchev–Trinajstić information content (AvgIpc) is 2.92. The molecule has 0 heterocycles. The second-order valence-electron chi connectivity index (χ2n) is 13.6. The van der Waals surface area contributed by atoms with Crippen LogP contribution in [0.25, 0.3) is 0 Å². The zero-order chi connectivity index (χ0) is 31.6. The van der Waals surface area contributed by atoms with Crippen molar-refractivity contribution >= 4 is 8.80 Å². The predicted molar refractivity (Wildman–Crippen MR) is 177 cm³/mol. The minimum Gasteiger partial charge on any atom is -0.391 e. The van der Waals surface area contributed by atoms with Crippen LogP contribution in [0, 0.1) is 0 Å². The Balaban J connectivity index is 3.98. The van der Waals surface area contributed by atoms with Crippen molar-refractivity contribution in [2.24, 2.45) is 0 Å². The van der Waals surface area contributed by atoms with Gasteiger partial charge in [0.15, 0.2) is 0 Å². The van der Waals surface area contributed by atoms with E-state index in [0.717, 1.165) is 17.6 Å². The highest BCUT2D eigenvalue weighted by molar-refractivity contribution is 6.57. The van der Waals surface area contributed by atoms with E-state index < -0.39 is 14.9 Å². The van der Waals surface area contributed by atoms with Gasteiger partial charge in [0, 0.05) is 12.5 Å². The Labute approximate surface area is 261 Å². The monoisotopic (exact) mass is 623 g/mol. The summed E-state index contributed by atoms with van der Waals surface area (Å²) in [5, 5.41) is 29.3. The summed E-state index contributed by atoms with van der Waals surface area (Å²) in [5.74, 6) is 0. The van der Waals surface area contributed by atoms with Gasteiger partial charge in [-0.15, -0.1) is 0 Å². The Bertz CT molecular complexity index is 591. The molecule has 9 heteroatoms. The van der Waals surface area contributed by atoms with Gasteiger partial charge in [0.1, 0.15) is 32.3 Å². The standard InChI is InChI=1S/C33H74N2O6Si/c1-5-7-8-9-10-11-12-13-14-15-16-17-18-19-20-21-23-34(3,4)24-22-31-42(39,40)41-30-27-35(25-28-36,26-29-37)32-33(38)6-2/h33,36-40H,5-32H2,1-4H3/q+2. The normalized spacial score (nSPS) is 13.6. The van der Waals surface area contributed by atoms with E-state index in [2.05, 4.69) is 21.0 Å². The van der Waals surface area contributed by atoms with Gasteiger partial charge in [-0.1, -0.05) is 104 Å². The van der Waals surface area contributed by atoms with Crippen LogP contribution in [0.15, 0.2) is 0 Å². The van der Waals surface area contributed by atoms with E-state index in [9.17, 15) is 24.9 Å². The van der Waals surface area contributed by atoms with Crippen molar-refractivity contribution < 1.29 is 38.3 Å². The smallest absolute Gasteiger partial charge is 0.391 e. The lowest BCUT2D eigenvalue weighted by Crippen LogP contribution is -2.57. The first kappa shape index (κ1) is 41.9. The van der Waals surface area contributed by atoms with Crippen LogP contribution in [0.2, 0.25) is 6.04 Å². The maximum Gasteiger partial charge on any atom is 0.495 e. The van der Waals surface area contributed by atoms with E-state index in [1.54, 1.807) is 0 Å². The van der Waals surface area contributed by atoms with E-state index >= 15 is 0 Å².